The lowest BCUT2D eigenvalue weighted by Gasteiger charge is -2.19. The van der Waals surface area contributed by atoms with Crippen molar-refractivity contribution in [1.82, 2.24) is 9.97 Å². The highest BCUT2D eigenvalue weighted by Gasteiger charge is 2.30. The lowest BCUT2D eigenvalue weighted by Crippen LogP contribution is -2.12. The first-order valence-electron chi connectivity index (χ1n) is 9.69. The van der Waals surface area contributed by atoms with E-state index in [-0.39, 0.29) is 11.8 Å². The van der Waals surface area contributed by atoms with Crippen molar-refractivity contribution in [2.75, 3.05) is 5.32 Å². The van der Waals surface area contributed by atoms with Crippen molar-refractivity contribution in [1.29, 1.82) is 0 Å². The Kier molecular flexibility index (Phi) is 5.31. The Hall–Kier alpha value is -3.55. The van der Waals surface area contributed by atoms with Crippen LogP contribution < -0.4 is 5.32 Å². The topological polar surface area (TPSA) is 67.2 Å². The van der Waals surface area contributed by atoms with Crippen molar-refractivity contribution < 1.29 is 18.0 Å². The summed E-state index contributed by atoms with van der Waals surface area (Å²) in [5, 5.41) is 3.97. The molecule has 2 atom stereocenters. The molecule has 0 bridgehead atoms. The number of hydrogen-bond donors (Lipinski definition) is 1. The first kappa shape index (κ1) is 20.7. The molecule has 8 heteroatoms. The number of rotatable bonds is 4. The molecule has 1 aliphatic rings. The minimum absolute atomic E-state index is 0.155. The molecular weight excluding hydrogens is 405 g/mol. The Balaban J connectivity index is 1.70. The molecule has 0 fully saturated rings. The highest BCUT2D eigenvalue weighted by molar-refractivity contribution is 5.99. The average Bonchev–Trinajstić information content (AvgIpc) is 2.73. The molecule has 2 heterocycles. The summed E-state index contributed by atoms with van der Waals surface area (Å²) in [5.74, 6) is 0.621. The Morgan fingerprint density at radius 2 is 1.90 bits per heavy atom. The van der Waals surface area contributed by atoms with Gasteiger partial charge >= 0.3 is 6.18 Å². The highest BCUT2D eigenvalue weighted by Crippen LogP contribution is 2.32. The van der Waals surface area contributed by atoms with E-state index in [2.05, 4.69) is 20.3 Å². The van der Waals surface area contributed by atoms with Crippen LogP contribution in [0.3, 0.4) is 0 Å². The van der Waals surface area contributed by atoms with Gasteiger partial charge in [-0.1, -0.05) is 24.3 Å². The predicted molar refractivity (Wildman–Crippen MR) is 113 cm³/mol. The van der Waals surface area contributed by atoms with Crippen molar-refractivity contribution in [3.8, 4) is 0 Å². The molecule has 0 aliphatic carbocycles. The number of nitrogens with one attached hydrogen (secondary N) is 1. The molecule has 5 nitrogen and oxygen atoms in total. The SMILES string of the molecule is Cc1nc(N[C@H](C)c2cccc(C(F)(F)F)c2)c2cc(C3C=CC(=O)N=C3)ccc2n1. The summed E-state index contributed by atoms with van der Waals surface area (Å²) >= 11 is 0. The number of aliphatic imine (C=N–C) groups is 1. The zero-order chi connectivity index (χ0) is 22.2. The van der Waals surface area contributed by atoms with Crippen LogP contribution in [-0.4, -0.2) is 22.1 Å². The number of fused-ring (bicyclic) bond motifs is 1. The summed E-state index contributed by atoms with van der Waals surface area (Å²) in [7, 11) is 0. The summed E-state index contributed by atoms with van der Waals surface area (Å²) in [6.07, 6.45) is 0.371. The van der Waals surface area contributed by atoms with Gasteiger partial charge in [0.25, 0.3) is 5.91 Å². The Morgan fingerprint density at radius 1 is 1.10 bits per heavy atom. The molecule has 0 radical (unpaired) electrons. The maximum absolute atomic E-state index is 13.1. The van der Waals surface area contributed by atoms with Crippen molar-refractivity contribution in [3.63, 3.8) is 0 Å². The smallest absolute Gasteiger partial charge is 0.363 e. The van der Waals surface area contributed by atoms with Gasteiger partial charge < -0.3 is 5.32 Å². The van der Waals surface area contributed by atoms with Crippen molar-refractivity contribution >= 4 is 28.8 Å². The molecule has 1 unspecified atom stereocenters. The van der Waals surface area contributed by atoms with E-state index in [1.54, 1.807) is 32.2 Å². The summed E-state index contributed by atoms with van der Waals surface area (Å²) in [6.45, 7) is 3.54. The molecule has 31 heavy (non-hydrogen) atoms. The van der Waals surface area contributed by atoms with E-state index in [0.717, 1.165) is 23.1 Å². The van der Waals surface area contributed by atoms with Crippen LogP contribution in [0.1, 0.15) is 41.4 Å². The molecule has 1 amide bonds. The molecule has 2 aromatic carbocycles. The third kappa shape index (κ3) is 4.47. The summed E-state index contributed by atoms with van der Waals surface area (Å²) in [4.78, 5) is 24.1. The highest BCUT2D eigenvalue weighted by atomic mass is 19.4. The molecular formula is C23H19F3N4O. The van der Waals surface area contributed by atoms with Crippen LogP contribution in [0.5, 0.6) is 0 Å². The molecule has 1 aromatic heterocycles. The molecule has 1 N–H and O–H groups in total. The van der Waals surface area contributed by atoms with Gasteiger partial charge in [0, 0.05) is 29.6 Å². The van der Waals surface area contributed by atoms with Crippen molar-refractivity contribution in [2.24, 2.45) is 4.99 Å². The van der Waals surface area contributed by atoms with E-state index in [4.69, 9.17) is 0 Å². The normalized spacial score (nSPS) is 17.2. The van der Waals surface area contributed by atoms with Gasteiger partial charge in [-0.05, 0) is 49.2 Å². The van der Waals surface area contributed by atoms with Gasteiger partial charge in [-0.3, -0.25) is 4.79 Å². The number of halogens is 3. The minimum atomic E-state index is -4.40. The van der Waals surface area contributed by atoms with E-state index >= 15 is 0 Å². The van der Waals surface area contributed by atoms with Crippen molar-refractivity contribution in [2.45, 2.75) is 32.0 Å². The van der Waals surface area contributed by atoms with Gasteiger partial charge in [0.05, 0.1) is 11.1 Å². The Morgan fingerprint density at radius 3 is 2.61 bits per heavy atom. The second-order valence-corrected chi connectivity index (χ2v) is 7.39. The largest absolute Gasteiger partial charge is 0.416 e. The fraction of sp³-hybridized carbons (Fsp3) is 0.217. The van der Waals surface area contributed by atoms with Gasteiger partial charge in [0.2, 0.25) is 0 Å². The first-order valence-corrected chi connectivity index (χ1v) is 9.69. The maximum atomic E-state index is 13.1. The molecule has 0 saturated heterocycles. The Bertz CT molecular complexity index is 1200. The zero-order valence-electron chi connectivity index (χ0n) is 16.8. The zero-order valence-corrected chi connectivity index (χ0v) is 16.8. The van der Waals surface area contributed by atoms with Gasteiger partial charge in [-0.2, -0.15) is 13.2 Å². The quantitative estimate of drug-likeness (QED) is 0.611. The van der Waals surface area contributed by atoms with Crippen molar-refractivity contribution in [3.05, 3.63) is 77.1 Å². The number of allylic oxidation sites excluding steroid dienone is 1. The number of anilines is 1. The summed E-state index contributed by atoms with van der Waals surface area (Å²) in [5.41, 5.74) is 1.42. The fourth-order valence-electron chi connectivity index (χ4n) is 3.48. The number of aryl methyl sites for hydroxylation is 1. The van der Waals surface area contributed by atoms with Crippen LogP contribution in [0.4, 0.5) is 19.0 Å². The lowest BCUT2D eigenvalue weighted by molar-refractivity contribution is -0.137. The standard InChI is InChI=1S/C23H19F3N4O/c1-13(15-4-3-5-18(10-15)23(24,25)26)28-22-19-11-16(17-7-9-21(31)27-12-17)6-8-20(19)29-14(2)30-22/h3-13,17H,1-2H3,(H,28,29,30)/t13-,17?/m1/s1. The van der Waals surface area contributed by atoms with E-state index < -0.39 is 17.8 Å². The fourth-order valence-corrected chi connectivity index (χ4v) is 3.48. The number of amides is 1. The summed E-state index contributed by atoms with van der Waals surface area (Å²) < 4.78 is 39.3. The molecule has 158 valence electrons. The number of alkyl halides is 3. The van der Waals surface area contributed by atoms with E-state index in [0.29, 0.717) is 22.7 Å². The second kappa shape index (κ2) is 7.94. The molecule has 0 saturated carbocycles. The number of carbonyl (C=O) groups excluding carboxylic acids is 1. The number of aromatic nitrogens is 2. The number of nitrogens with zero attached hydrogens (tertiary/aromatic N) is 3. The minimum Gasteiger partial charge on any atom is -0.363 e. The Labute approximate surface area is 176 Å². The third-order valence-electron chi connectivity index (χ3n) is 5.09. The van der Waals surface area contributed by atoms with Crippen LogP contribution in [0.25, 0.3) is 10.9 Å². The van der Waals surface area contributed by atoms with E-state index in [1.807, 2.05) is 18.2 Å². The summed E-state index contributed by atoms with van der Waals surface area (Å²) in [6, 6.07) is 10.5. The number of carbonyl (C=O) groups is 1. The third-order valence-corrected chi connectivity index (χ3v) is 5.09. The lowest BCUT2D eigenvalue weighted by atomic mass is 9.96. The van der Waals surface area contributed by atoms with Crippen LogP contribution in [-0.2, 0) is 11.0 Å². The average molecular weight is 424 g/mol. The van der Waals surface area contributed by atoms with E-state index in [9.17, 15) is 18.0 Å². The van der Waals surface area contributed by atoms with Crippen LogP contribution in [0.15, 0.2) is 59.6 Å². The first-order chi connectivity index (χ1) is 14.7. The number of hydrogen-bond acceptors (Lipinski definition) is 4. The molecule has 4 rings (SSSR count). The van der Waals surface area contributed by atoms with Crippen LogP contribution >= 0.6 is 0 Å². The second-order valence-electron chi connectivity index (χ2n) is 7.39. The maximum Gasteiger partial charge on any atom is 0.416 e. The van der Waals surface area contributed by atoms with Crippen LogP contribution in [0, 0.1) is 6.92 Å². The van der Waals surface area contributed by atoms with Gasteiger partial charge in [-0.25, -0.2) is 15.0 Å². The molecule has 3 aromatic rings. The predicted octanol–water partition coefficient (Wildman–Crippen LogP) is 5.38. The molecule has 0 spiro atoms. The van der Waals surface area contributed by atoms with Crippen LogP contribution in [0.2, 0.25) is 0 Å². The number of benzene rings is 2. The van der Waals surface area contributed by atoms with E-state index in [1.165, 1.54) is 12.1 Å². The van der Waals surface area contributed by atoms with Gasteiger partial charge in [0.1, 0.15) is 11.6 Å². The number of dihydropyridines is 1. The van der Waals surface area contributed by atoms with Gasteiger partial charge in [-0.15, -0.1) is 0 Å². The molecule has 1 aliphatic heterocycles. The monoisotopic (exact) mass is 424 g/mol. The van der Waals surface area contributed by atoms with Gasteiger partial charge in [0.15, 0.2) is 0 Å².